The smallest absolute Gasteiger partial charge is 0.261 e. The number of carbonyl (C=O) groups is 1. The van der Waals surface area contributed by atoms with Gasteiger partial charge in [0.15, 0.2) is 6.10 Å². The molecule has 0 saturated heterocycles. The van der Waals surface area contributed by atoms with E-state index in [1.54, 1.807) is 6.92 Å². The van der Waals surface area contributed by atoms with Gasteiger partial charge in [-0.15, -0.1) is 0 Å². The first-order valence-corrected chi connectivity index (χ1v) is 8.93. The zero-order valence-electron chi connectivity index (χ0n) is 16.1. The van der Waals surface area contributed by atoms with Gasteiger partial charge >= 0.3 is 0 Å². The van der Waals surface area contributed by atoms with Gasteiger partial charge in [0.05, 0.1) is 6.04 Å². The highest BCUT2D eigenvalue weighted by Crippen LogP contribution is 2.22. The average molecular weight is 339 g/mol. The van der Waals surface area contributed by atoms with Crippen LogP contribution in [0.2, 0.25) is 0 Å². The number of aryl methyl sites for hydroxylation is 4. The van der Waals surface area contributed by atoms with Crippen molar-refractivity contribution in [1.29, 1.82) is 0 Å². The number of nitrogens with one attached hydrogen (secondary N) is 1. The first kappa shape index (κ1) is 19.0. The lowest BCUT2D eigenvalue weighted by Gasteiger charge is -2.23. The first-order chi connectivity index (χ1) is 11.8. The summed E-state index contributed by atoms with van der Waals surface area (Å²) in [5, 5.41) is 3.13. The highest BCUT2D eigenvalue weighted by Gasteiger charge is 2.20. The Morgan fingerprint density at radius 1 is 1.00 bits per heavy atom. The van der Waals surface area contributed by atoms with E-state index in [0.717, 1.165) is 17.7 Å². The number of carbonyl (C=O) groups excluding carboxylic acids is 1. The van der Waals surface area contributed by atoms with E-state index in [1.807, 2.05) is 25.1 Å². The fraction of sp³-hybridized carbons (Fsp3) is 0.409. The van der Waals surface area contributed by atoms with Crippen LogP contribution in [-0.2, 0) is 4.79 Å². The molecule has 0 aliphatic rings. The van der Waals surface area contributed by atoms with Crippen molar-refractivity contribution in [3.8, 4) is 5.75 Å². The van der Waals surface area contributed by atoms with E-state index in [-0.39, 0.29) is 11.9 Å². The van der Waals surface area contributed by atoms with Gasteiger partial charge in [0.1, 0.15) is 5.75 Å². The van der Waals surface area contributed by atoms with Gasteiger partial charge in [-0.2, -0.15) is 0 Å². The highest BCUT2D eigenvalue weighted by atomic mass is 16.5. The lowest BCUT2D eigenvalue weighted by atomic mass is 9.97. The largest absolute Gasteiger partial charge is 0.481 e. The van der Waals surface area contributed by atoms with Crippen LogP contribution in [0.4, 0.5) is 0 Å². The van der Waals surface area contributed by atoms with Gasteiger partial charge in [-0.05, 0) is 75.4 Å². The number of ether oxygens (including phenoxy) is 1. The summed E-state index contributed by atoms with van der Waals surface area (Å²) in [6.45, 7) is 12.1. The predicted molar refractivity (Wildman–Crippen MR) is 103 cm³/mol. The Bertz CT molecular complexity index is 752. The summed E-state index contributed by atoms with van der Waals surface area (Å²) < 4.78 is 5.83. The molecule has 0 fully saturated rings. The molecule has 1 N–H and O–H groups in total. The van der Waals surface area contributed by atoms with E-state index in [1.165, 1.54) is 22.3 Å². The number of rotatable bonds is 6. The van der Waals surface area contributed by atoms with E-state index in [2.05, 4.69) is 51.2 Å². The Balaban J connectivity index is 2.06. The van der Waals surface area contributed by atoms with Gasteiger partial charge in [0.25, 0.3) is 5.91 Å². The maximum absolute atomic E-state index is 12.6. The molecule has 2 rings (SSSR count). The first-order valence-electron chi connectivity index (χ1n) is 8.93. The quantitative estimate of drug-likeness (QED) is 0.808. The van der Waals surface area contributed by atoms with E-state index in [4.69, 9.17) is 4.74 Å². The molecule has 25 heavy (non-hydrogen) atoms. The van der Waals surface area contributed by atoms with Crippen molar-refractivity contribution in [1.82, 2.24) is 5.32 Å². The van der Waals surface area contributed by atoms with Gasteiger partial charge < -0.3 is 10.1 Å². The zero-order chi connectivity index (χ0) is 18.6. The molecule has 0 aromatic heterocycles. The van der Waals surface area contributed by atoms with Crippen LogP contribution in [0.1, 0.15) is 54.1 Å². The molecule has 2 aromatic carbocycles. The Hall–Kier alpha value is -2.29. The molecule has 0 heterocycles. The minimum Gasteiger partial charge on any atom is -0.481 e. The average Bonchev–Trinajstić information content (AvgIpc) is 2.56. The lowest BCUT2D eigenvalue weighted by Crippen LogP contribution is -2.38. The second kappa shape index (κ2) is 8.19. The van der Waals surface area contributed by atoms with Crippen LogP contribution in [0.3, 0.4) is 0 Å². The Labute approximate surface area is 151 Å². The molecule has 0 spiro atoms. The van der Waals surface area contributed by atoms with Crippen LogP contribution < -0.4 is 10.1 Å². The predicted octanol–water partition coefficient (Wildman–Crippen LogP) is 4.96. The van der Waals surface area contributed by atoms with E-state index in [0.29, 0.717) is 0 Å². The summed E-state index contributed by atoms with van der Waals surface area (Å²) in [6.07, 6.45) is 0.299. The third-order valence-corrected chi connectivity index (χ3v) is 4.69. The molecular weight excluding hydrogens is 310 g/mol. The number of hydrogen-bond donors (Lipinski definition) is 1. The van der Waals surface area contributed by atoms with Gasteiger partial charge in [-0.1, -0.05) is 36.8 Å². The maximum Gasteiger partial charge on any atom is 0.261 e. The zero-order valence-corrected chi connectivity index (χ0v) is 16.1. The van der Waals surface area contributed by atoms with Gasteiger partial charge in [0.2, 0.25) is 0 Å². The van der Waals surface area contributed by atoms with Crippen LogP contribution in [0.5, 0.6) is 5.75 Å². The highest BCUT2D eigenvalue weighted by molar-refractivity contribution is 5.81. The van der Waals surface area contributed by atoms with Crippen molar-refractivity contribution in [3.63, 3.8) is 0 Å². The van der Waals surface area contributed by atoms with Crippen LogP contribution in [0.25, 0.3) is 0 Å². The monoisotopic (exact) mass is 339 g/mol. The van der Waals surface area contributed by atoms with Crippen molar-refractivity contribution < 1.29 is 9.53 Å². The van der Waals surface area contributed by atoms with Crippen molar-refractivity contribution in [2.45, 2.75) is 60.1 Å². The number of amides is 1. The molecule has 1 amide bonds. The summed E-state index contributed by atoms with van der Waals surface area (Å²) in [7, 11) is 0. The molecule has 0 aliphatic carbocycles. The number of hydrogen-bond acceptors (Lipinski definition) is 2. The van der Waals surface area contributed by atoms with Crippen LogP contribution in [0.15, 0.2) is 36.4 Å². The fourth-order valence-electron chi connectivity index (χ4n) is 2.95. The SMILES string of the molecule is CC[C@@H](NC(=O)[C@@H](C)Oc1ccc(C)c(C)c1)c1ccc(C)cc1C. The van der Waals surface area contributed by atoms with Crippen molar-refractivity contribution >= 4 is 5.91 Å². The van der Waals surface area contributed by atoms with Gasteiger partial charge in [0, 0.05) is 0 Å². The second-order valence-electron chi connectivity index (χ2n) is 6.84. The minimum atomic E-state index is -0.540. The second-order valence-corrected chi connectivity index (χ2v) is 6.84. The molecule has 0 unspecified atom stereocenters. The molecule has 0 saturated carbocycles. The molecular formula is C22H29NO2. The molecule has 3 nitrogen and oxygen atoms in total. The maximum atomic E-state index is 12.6. The molecule has 3 heteroatoms. The third kappa shape index (κ3) is 4.85. The fourth-order valence-corrected chi connectivity index (χ4v) is 2.95. The minimum absolute atomic E-state index is 0.00101. The lowest BCUT2D eigenvalue weighted by molar-refractivity contribution is -0.128. The molecule has 2 aromatic rings. The summed E-state index contributed by atoms with van der Waals surface area (Å²) >= 11 is 0. The summed E-state index contributed by atoms with van der Waals surface area (Å²) in [5.74, 6) is 0.635. The normalized spacial score (nSPS) is 13.2. The standard InChI is InChI=1S/C22H29NO2/c1-7-21(20-11-8-14(2)12-17(20)5)23-22(24)18(6)25-19-10-9-15(3)16(4)13-19/h8-13,18,21H,7H2,1-6H3,(H,23,24)/t18-,21-/m1/s1. The topological polar surface area (TPSA) is 38.3 Å². The molecule has 2 atom stereocenters. The van der Waals surface area contributed by atoms with Crippen LogP contribution >= 0.6 is 0 Å². The van der Waals surface area contributed by atoms with E-state index < -0.39 is 6.10 Å². The Morgan fingerprint density at radius 3 is 2.32 bits per heavy atom. The summed E-state index contributed by atoms with van der Waals surface area (Å²) in [5.41, 5.74) is 5.97. The van der Waals surface area contributed by atoms with Crippen molar-refractivity contribution in [2.24, 2.45) is 0 Å². The van der Waals surface area contributed by atoms with Crippen LogP contribution in [-0.4, -0.2) is 12.0 Å². The molecule has 134 valence electrons. The Kier molecular flexibility index (Phi) is 6.24. The summed E-state index contributed by atoms with van der Waals surface area (Å²) in [4.78, 5) is 12.6. The molecule has 0 radical (unpaired) electrons. The van der Waals surface area contributed by atoms with E-state index >= 15 is 0 Å². The summed E-state index contributed by atoms with van der Waals surface area (Å²) in [6, 6.07) is 12.2. The van der Waals surface area contributed by atoms with Crippen molar-refractivity contribution in [3.05, 3.63) is 64.2 Å². The van der Waals surface area contributed by atoms with E-state index in [9.17, 15) is 4.79 Å². The van der Waals surface area contributed by atoms with Crippen molar-refractivity contribution in [2.75, 3.05) is 0 Å². The third-order valence-electron chi connectivity index (χ3n) is 4.69. The van der Waals surface area contributed by atoms with Gasteiger partial charge in [-0.3, -0.25) is 4.79 Å². The number of benzene rings is 2. The van der Waals surface area contributed by atoms with Crippen LogP contribution in [0, 0.1) is 27.7 Å². The van der Waals surface area contributed by atoms with Gasteiger partial charge in [-0.25, -0.2) is 0 Å². The molecule has 0 aliphatic heterocycles. The Morgan fingerprint density at radius 2 is 1.72 bits per heavy atom. The molecule has 0 bridgehead atoms.